The van der Waals surface area contributed by atoms with E-state index in [2.05, 4.69) is 34.0 Å². The molecular formula is C14H16N4OS3. The van der Waals surface area contributed by atoms with Gasteiger partial charge in [-0.2, -0.15) is 4.52 Å². The van der Waals surface area contributed by atoms with Gasteiger partial charge in [0.25, 0.3) is 5.56 Å². The summed E-state index contributed by atoms with van der Waals surface area (Å²) in [6, 6.07) is 5.86. The molecule has 0 radical (unpaired) electrons. The third-order valence-electron chi connectivity index (χ3n) is 3.11. The Hall–Kier alpha value is -1.22. The number of nitrogens with zero attached hydrogens (tertiary/aromatic N) is 4. The van der Waals surface area contributed by atoms with Gasteiger partial charge in [-0.1, -0.05) is 23.1 Å². The van der Waals surface area contributed by atoms with E-state index >= 15 is 0 Å². The van der Waals surface area contributed by atoms with E-state index in [0.717, 1.165) is 16.6 Å². The molecule has 3 rings (SSSR count). The maximum absolute atomic E-state index is 12.1. The highest BCUT2D eigenvalue weighted by Crippen LogP contribution is 2.21. The molecule has 0 saturated carbocycles. The van der Waals surface area contributed by atoms with Gasteiger partial charge in [-0.3, -0.25) is 9.69 Å². The predicted octanol–water partition coefficient (Wildman–Crippen LogP) is 2.87. The van der Waals surface area contributed by atoms with Crippen LogP contribution in [0.5, 0.6) is 0 Å². The van der Waals surface area contributed by atoms with Crippen molar-refractivity contribution in [3.05, 3.63) is 44.0 Å². The molecule has 22 heavy (non-hydrogen) atoms. The first kappa shape index (κ1) is 15.7. The first-order valence-electron chi connectivity index (χ1n) is 6.73. The molecule has 116 valence electrons. The summed E-state index contributed by atoms with van der Waals surface area (Å²) in [5.74, 6) is 0. The summed E-state index contributed by atoms with van der Waals surface area (Å²) in [5.41, 5.74) is 0.675. The van der Waals surface area contributed by atoms with Crippen molar-refractivity contribution in [1.29, 1.82) is 0 Å². The van der Waals surface area contributed by atoms with Crippen molar-refractivity contribution in [1.82, 2.24) is 19.5 Å². The maximum Gasteiger partial charge on any atom is 0.275 e. The molecule has 3 aromatic heterocycles. The molecule has 0 amide bonds. The molecule has 3 heterocycles. The summed E-state index contributed by atoms with van der Waals surface area (Å²) < 4.78 is 2.23. The minimum absolute atomic E-state index is 0.114. The number of fused-ring (bicyclic) bond motifs is 1. The Morgan fingerprint density at radius 3 is 2.82 bits per heavy atom. The van der Waals surface area contributed by atoms with E-state index in [1.807, 2.05) is 13.3 Å². The van der Waals surface area contributed by atoms with Crippen molar-refractivity contribution < 1.29 is 0 Å². The molecule has 0 aliphatic carbocycles. The highest BCUT2D eigenvalue weighted by Gasteiger charge is 2.10. The quantitative estimate of drug-likeness (QED) is 0.661. The van der Waals surface area contributed by atoms with E-state index in [1.54, 1.807) is 17.4 Å². The Bertz CT molecular complexity index is 851. The average Bonchev–Trinajstić information content (AvgIpc) is 3.05. The average molecular weight is 353 g/mol. The summed E-state index contributed by atoms with van der Waals surface area (Å²) in [5, 5.41) is 4.23. The lowest BCUT2D eigenvalue weighted by atomic mass is 10.3. The molecule has 0 fully saturated rings. The number of aromatic nitrogens is 3. The Kier molecular flexibility index (Phi) is 4.62. The largest absolute Gasteiger partial charge is 0.295 e. The van der Waals surface area contributed by atoms with Gasteiger partial charge in [0.1, 0.15) is 0 Å². The van der Waals surface area contributed by atoms with Crippen molar-refractivity contribution in [2.75, 3.05) is 13.3 Å². The molecule has 0 N–H and O–H groups in total. The second kappa shape index (κ2) is 6.49. The normalized spacial score (nSPS) is 11.6. The van der Waals surface area contributed by atoms with Crippen molar-refractivity contribution in [2.24, 2.45) is 0 Å². The predicted molar refractivity (Wildman–Crippen MR) is 93.1 cm³/mol. The van der Waals surface area contributed by atoms with E-state index in [9.17, 15) is 4.79 Å². The first-order chi connectivity index (χ1) is 10.5. The van der Waals surface area contributed by atoms with Gasteiger partial charge in [0, 0.05) is 28.9 Å². The molecule has 0 bridgehead atoms. The highest BCUT2D eigenvalue weighted by molar-refractivity contribution is 8.00. The Morgan fingerprint density at radius 2 is 2.14 bits per heavy atom. The van der Waals surface area contributed by atoms with Gasteiger partial charge in [0.2, 0.25) is 4.96 Å². The fourth-order valence-electron chi connectivity index (χ4n) is 2.17. The topological polar surface area (TPSA) is 50.5 Å². The molecule has 0 spiro atoms. The van der Waals surface area contributed by atoms with Crippen LogP contribution in [0.25, 0.3) is 4.96 Å². The number of thioether (sulfide) groups is 1. The monoisotopic (exact) mass is 352 g/mol. The molecule has 0 unspecified atom stereocenters. The van der Waals surface area contributed by atoms with E-state index < -0.39 is 0 Å². The molecule has 0 aliphatic rings. The molecule has 0 aromatic carbocycles. The molecule has 5 nitrogen and oxygen atoms in total. The summed E-state index contributed by atoms with van der Waals surface area (Å²) >= 11 is 4.77. The second-order valence-electron chi connectivity index (χ2n) is 5.04. The second-order valence-corrected chi connectivity index (χ2v) is 8.42. The van der Waals surface area contributed by atoms with Crippen LogP contribution in [0.15, 0.2) is 27.3 Å². The van der Waals surface area contributed by atoms with E-state index in [4.69, 9.17) is 0 Å². The fourth-order valence-corrected chi connectivity index (χ4v) is 4.52. The number of rotatable bonds is 5. The number of aryl methyl sites for hydroxylation is 1. The van der Waals surface area contributed by atoms with Gasteiger partial charge in [0.15, 0.2) is 4.34 Å². The zero-order chi connectivity index (χ0) is 15.7. The van der Waals surface area contributed by atoms with Crippen LogP contribution in [0, 0.1) is 6.92 Å². The third kappa shape index (κ3) is 3.40. The van der Waals surface area contributed by atoms with Gasteiger partial charge >= 0.3 is 0 Å². The summed E-state index contributed by atoms with van der Waals surface area (Å²) in [6.45, 7) is 3.62. The van der Waals surface area contributed by atoms with Crippen molar-refractivity contribution in [3.63, 3.8) is 0 Å². The third-order valence-corrected chi connectivity index (χ3v) is 5.98. The van der Waals surface area contributed by atoms with Crippen molar-refractivity contribution in [2.45, 2.75) is 24.4 Å². The van der Waals surface area contributed by atoms with Crippen LogP contribution in [0.2, 0.25) is 0 Å². The fraction of sp³-hybridized carbons (Fsp3) is 0.357. The van der Waals surface area contributed by atoms with Crippen LogP contribution in [-0.4, -0.2) is 32.8 Å². The van der Waals surface area contributed by atoms with E-state index in [0.29, 0.717) is 11.5 Å². The smallest absolute Gasteiger partial charge is 0.275 e. The van der Waals surface area contributed by atoms with Crippen LogP contribution < -0.4 is 5.56 Å². The first-order valence-corrected chi connectivity index (χ1v) is 9.58. The lowest BCUT2D eigenvalue weighted by Gasteiger charge is -2.14. The SMILES string of the molecule is CSc1nn2c(=O)cc(CN(C)Cc3ccc(C)s3)nc2s1. The van der Waals surface area contributed by atoms with Crippen molar-refractivity contribution >= 4 is 39.4 Å². The van der Waals surface area contributed by atoms with Crippen LogP contribution >= 0.6 is 34.4 Å². The Morgan fingerprint density at radius 1 is 1.32 bits per heavy atom. The van der Waals surface area contributed by atoms with Gasteiger partial charge in [-0.15, -0.1) is 16.4 Å². The van der Waals surface area contributed by atoms with Crippen LogP contribution in [-0.2, 0) is 13.1 Å². The zero-order valence-electron chi connectivity index (χ0n) is 12.6. The zero-order valence-corrected chi connectivity index (χ0v) is 15.0. The standard InChI is InChI=1S/C14H16N4OS3/c1-9-4-5-11(21-9)8-17(2)7-10-6-12(19)18-13(15-10)22-14(16-18)20-3/h4-6H,7-8H2,1-3H3. The maximum atomic E-state index is 12.1. The van der Waals surface area contributed by atoms with Crippen molar-refractivity contribution in [3.8, 4) is 0 Å². The van der Waals surface area contributed by atoms with Gasteiger partial charge < -0.3 is 0 Å². The van der Waals surface area contributed by atoms with E-state index in [1.165, 1.54) is 37.4 Å². The summed E-state index contributed by atoms with van der Waals surface area (Å²) in [6.07, 6.45) is 1.94. The molecular weight excluding hydrogens is 336 g/mol. The molecule has 3 aromatic rings. The van der Waals surface area contributed by atoms with Crippen LogP contribution in [0.3, 0.4) is 0 Å². The highest BCUT2D eigenvalue weighted by atomic mass is 32.2. The minimum Gasteiger partial charge on any atom is -0.295 e. The number of thiophene rings is 1. The molecule has 0 atom stereocenters. The van der Waals surface area contributed by atoms with Gasteiger partial charge in [0.05, 0.1) is 5.69 Å². The van der Waals surface area contributed by atoms with Crippen LogP contribution in [0.4, 0.5) is 0 Å². The minimum atomic E-state index is -0.114. The molecule has 0 aliphatic heterocycles. The summed E-state index contributed by atoms with van der Waals surface area (Å²) in [4.78, 5) is 22.1. The lowest BCUT2D eigenvalue weighted by Crippen LogP contribution is -2.21. The molecule has 0 saturated heterocycles. The van der Waals surface area contributed by atoms with Crippen LogP contribution in [0.1, 0.15) is 15.4 Å². The number of hydrogen-bond acceptors (Lipinski definition) is 7. The van der Waals surface area contributed by atoms with Gasteiger partial charge in [-0.25, -0.2) is 4.98 Å². The summed E-state index contributed by atoms with van der Waals surface area (Å²) in [7, 11) is 2.04. The van der Waals surface area contributed by atoms with E-state index in [-0.39, 0.29) is 5.56 Å². The molecule has 8 heteroatoms. The Balaban J connectivity index is 1.79. The lowest BCUT2D eigenvalue weighted by molar-refractivity contribution is 0.318. The Labute approximate surface area is 140 Å². The number of hydrogen-bond donors (Lipinski definition) is 0. The van der Waals surface area contributed by atoms with Gasteiger partial charge in [-0.05, 0) is 32.4 Å².